The fourth-order valence-electron chi connectivity index (χ4n) is 10.3. The number of carbonyl (C=O) groups is 1. The van der Waals surface area contributed by atoms with Crippen LogP contribution in [0, 0.1) is 0 Å². The van der Waals surface area contributed by atoms with Gasteiger partial charge in [-0.25, -0.2) is 23.1 Å². The number of benzene rings is 2. The zero-order chi connectivity index (χ0) is 40.4. The molecule has 0 saturated carbocycles. The van der Waals surface area contributed by atoms with E-state index in [1.807, 2.05) is 0 Å². The number of nitrogen functional groups attached to an aromatic ring is 1. The van der Waals surface area contributed by atoms with Crippen LogP contribution in [-0.4, -0.2) is 42.4 Å². The second kappa shape index (κ2) is 17.2. The largest absolute Gasteiger partial charge is 0.398 e. The molecule has 2 aromatic carbocycles. The van der Waals surface area contributed by atoms with Gasteiger partial charge in [-0.05, 0) is 158 Å². The first-order chi connectivity index (χ1) is 27.9. The van der Waals surface area contributed by atoms with Crippen LogP contribution in [-0.2, 0) is 71.7 Å². The number of hydrogen-bond donors (Lipinski definition) is 4. The maximum Gasteiger partial charge on any atom is 0.333 e. The van der Waals surface area contributed by atoms with Crippen LogP contribution in [0.3, 0.4) is 0 Å². The number of rotatable bonds is 8. The van der Waals surface area contributed by atoms with Crippen LogP contribution in [0.2, 0.25) is 0 Å². The van der Waals surface area contributed by atoms with Crippen LogP contribution >= 0.6 is 0 Å². The molecule has 15 heteroatoms. The third-order valence-electron chi connectivity index (χ3n) is 13.1. The Hall–Kier alpha value is -4.21. The van der Waals surface area contributed by atoms with Crippen LogP contribution in [0.1, 0.15) is 146 Å². The van der Waals surface area contributed by atoms with E-state index < -0.39 is 26.1 Å². The van der Waals surface area contributed by atoms with Gasteiger partial charge < -0.3 is 11.1 Å². The van der Waals surface area contributed by atoms with Crippen molar-refractivity contribution in [1.29, 1.82) is 0 Å². The molecule has 312 valence electrons. The fourth-order valence-corrected chi connectivity index (χ4v) is 11.6. The van der Waals surface area contributed by atoms with Crippen molar-refractivity contribution in [2.45, 2.75) is 163 Å². The highest BCUT2D eigenvalue weighted by Gasteiger charge is 2.32. The molecular formula is C43H58N8O5S2. The van der Waals surface area contributed by atoms with E-state index in [4.69, 9.17) is 10.9 Å². The van der Waals surface area contributed by atoms with E-state index in [9.17, 15) is 21.6 Å². The van der Waals surface area contributed by atoms with E-state index in [1.54, 1.807) is 21.8 Å². The van der Waals surface area contributed by atoms with Gasteiger partial charge in [-0.1, -0.05) is 50.7 Å². The summed E-state index contributed by atoms with van der Waals surface area (Å²) in [6.45, 7) is 1.41. The Bertz CT molecular complexity index is 2390. The summed E-state index contributed by atoms with van der Waals surface area (Å²) in [5, 5.41) is 16.0. The van der Waals surface area contributed by atoms with Crippen molar-refractivity contribution < 1.29 is 21.6 Å². The van der Waals surface area contributed by atoms with Crippen LogP contribution in [0.15, 0.2) is 46.7 Å². The third-order valence-corrected chi connectivity index (χ3v) is 15.1. The van der Waals surface area contributed by atoms with Gasteiger partial charge in [0.2, 0.25) is 0 Å². The van der Waals surface area contributed by atoms with Crippen molar-refractivity contribution in [1.82, 2.24) is 24.3 Å². The van der Waals surface area contributed by atoms with Gasteiger partial charge in [0.1, 0.15) is 0 Å². The predicted molar refractivity (Wildman–Crippen MR) is 225 cm³/mol. The van der Waals surface area contributed by atoms with Crippen LogP contribution in [0.4, 0.5) is 16.2 Å². The number of urea groups is 1. The molecule has 0 radical (unpaired) electrons. The Morgan fingerprint density at radius 2 is 1.48 bits per heavy atom. The van der Waals surface area contributed by atoms with E-state index in [0.717, 1.165) is 95.0 Å². The SMILES string of the molecule is Nc1c2c(cc3c1C(CCCCCCn1ccc(S(N)(=O)=O)n1)CC3)CCC2.O=C1Nc2c3c(cc4c2C(CCCCCCn2ccc(n2)S(=O)(=O)N1)CC4)CCC3. The molecule has 0 saturated heterocycles. The Labute approximate surface area is 342 Å². The van der Waals surface area contributed by atoms with Crippen molar-refractivity contribution >= 4 is 37.5 Å². The van der Waals surface area contributed by atoms with Gasteiger partial charge >= 0.3 is 6.03 Å². The van der Waals surface area contributed by atoms with Crippen molar-refractivity contribution in [3.8, 4) is 0 Å². The van der Waals surface area contributed by atoms with Crippen molar-refractivity contribution in [2.75, 3.05) is 11.1 Å². The number of unbranched alkanes of at least 4 members (excludes halogenated alkanes) is 3. The summed E-state index contributed by atoms with van der Waals surface area (Å²) in [6, 6.07) is 6.97. The molecule has 4 aromatic rings. The number of nitrogens with two attached hydrogens (primary N) is 2. The van der Waals surface area contributed by atoms with Gasteiger partial charge in [0.05, 0.1) is 0 Å². The molecule has 13 nitrogen and oxygen atoms in total. The lowest BCUT2D eigenvalue weighted by Gasteiger charge is -2.20. The van der Waals surface area contributed by atoms with Crippen molar-refractivity contribution in [3.63, 3.8) is 0 Å². The van der Waals surface area contributed by atoms with Crippen LogP contribution in [0.25, 0.3) is 0 Å². The van der Waals surface area contributed by atoms with Gasteiger partial charge in [-0.3, -0.25) is 9.36 Å². The Kier molecular flexibility index (Phi) is 12.0. The molecule has 58 heavy (non-hydrogen) atoms. The molecular weight excluding hydrogens is 773 g/mol. The van der Waals surface area contributed by atoms with Gasteiger partial charge in [0.25, 0.3) is 20.0 Å². The van der Waals surface area contributed by atoms with E-state index in [2.05, 4.69) is 32.4 Å². The number of nitrogens with zero attached hydrogens (tertiary/aromatic N) is 4. The minimum atomic E-state index is -4.01. The topological polar surface area (TPSA) is 197 Å². The summed E-state index contributed by atoms with van der Waals surface area (Å²) >= 11 is 0. The summed E-state index contributed by atoms with van der Waals surface area (Å²) in [7, 11) is -7.72. The molecule has 2 atom stereocenters. The number of aryl methyl sites for hydroxylation is 6. The quantitative estimate of drug-likeness (QED) is 0.106. The molecule has 1 aliphatic heterocycles. The van der Waals surface area contributed by atoms with E-state index in [-0.39, 0.29) is 10.1 Å². The molecule has 2 aromatic heterocycles. The summed E-state index contributed by atoms with van der Waals surface area (Å²) in [5.41, 5.74) is 19.5. The van der Waals surface area contributed by atoms with Crippen molar-refractivity contribution in [2.24, 2.45) is 5.14 Å². The maximum atomic E-state index is 12.8. The highest BCUT2D eigenvalue weighted by Crippen LogP contribution is 2.47. The highest BCUT2D eigenvalue weighted by atomic mass is 32.2. The second-order valence-corrected chi connectivity index (χ2v) is 20.1. The minimum absolute atomic E-state index is 0.0588. The Balaban J connectivity index is 0.000000162. The molecule has 4 aliphatic carbocycles. The number of anilines is 2. The molecule has 2 amide bonds. The smallest absolute Gasteiger partial charge is 0.333 e. The van der Waals surface area contributed by atoms with E-state index >= 15 is 0 Å². The van der Waals surface area contributed by atoms with Crippen LogP contribution < -0.4 is 20.9 Å². The first-order valence-electron chi connectivity index (χ1n) is 21.5. The third kappa shape index (κ3) is 8.86. The first-order valence-corrected chi connectivity index (χ1v) is 24.5. The molecule has 6 N–H and O–H groups in total. The molecule has 9 rings (SSSR count). The summed E-state index contributed by atoms with van der Waals surface area (Å²) < 4.78 is 53.3. The predicted octanol–water partition coefficient (Wildman–Crippen LogP) is 7.16. The second-order valence-electron chi connectivity index (χ2n) is 17.0. The minimum Gasteiger partial charge on any atom is -0.398 e. The first kappa shape index (κ1) is 40.6. The lowest BCUT2D eigenvalue weighted by molar-refractivity contribution is 0.256. The molecule has 0 spiro atoms. The number of fused-ring (bicyclic) bond motifs is 6. The van der Waals surface area contributed by atoms with Gasteiger partial charge in [0, 0.05) is 36.9 Å². The van der Waals surface area contributed by atoms with Gasteiger partial charge in [0.15, 0.2) is 10.1 Å². The average molecular weight is 831 g/mol. The summed E-state index contributed by atoms with van der Waals surface area (Å²) in [6.07, 6.45) is 25.8. The van der Waals surface area contributed by atoms with Gasteiger partial charge in [-0.2, -0.15) is 18.6 Å². The van der Waals surface area contributed by atoms with Crippen LogP contribution in [0.5, 0.6) is 0 Å². The lowest BCUT2D eigenvalue weighted by Crippen LogP contribution is -2.35. The highest BCUT2D eigenvalue weighted by molar-refractivity contribution is 7.90. The monoisotopic (exact) mass is 830 g/mol. The Morgan fingerprint density at radius 3 is 2.28 bits per heavy atom. The number of aromatic nitrogens is 4. The standard InChI is InChI=1S/C22H28N4O3S.C21H30N4O2S/c27-22-23-21-18-8-5-7-16(18)14-17-10-9-15(20(17)21)6-3-1-2-4-12-26-13-11-19(24-26)30(28,29)25-22;22-21-18-8-5-7-16(18)14-17-10-9-15(20(17)21)6-3-1-2-4-12-25-13-11-19(24-25)28(23,26)27/h11,13-15H,1-10,12H2,(H2,23,25,27);11,13-15H,1-10,12,22H2,(H2,23,26,27). The zero-order valence-corrected chi connectivity index (χ0v) is 35.1. The number of nitrogens with one attached hydrogen (secondary N) is 2. The van der Waals surface area contributed by atoms with Gasteiger partial charge in [-0.15, -0.1) is 0 Å². The number of sulfonamides is 2. The molecule has 3 heterocycles. The average Bonchev–Trinajstić information content (AvgIpc) is 4.02. The number of carbonyl (C=O) groups excluding carboxylic acids is 1. The zero-order valence-electron chi connectivity index (χ0n) is 33.5. The number of amides is 2. The molecule has 2 unspecified atom stereocenters. The van der Waals surface area contributed by atoms with Crippen molar-refractivity contribution in [3.05, 3.63) is 81.2 Å². The normalized spacial score (nSPS) is 20.9. The fraction of sp³-hybridized carbons (Fsp3) is 0.558. The summed E-state index contributed by atoms with van der Waals surface area (Å²) in [5.74, 6) is 1.07. The Morgan fingerprint density at radius 1 is 0.759 bits per heavy atom. The van der Waals surface area contributed by atoms with E-state index in [0.29, 0.717) is 18.4 Å². The maximum absolute atomic E-state index is 12.8. The number of primary sulfonamides is 1. The van der Waals surface area contributed by atoms with E-state index in [1.165, 1.54) is 108 Å². The molecule has 5 aliphatic rings. The molecule has 0 fully saturated rings. The number of hydrogen-bond acceptors (Lipinski definition) is 8. The molecule has 2 bridgehead atoms. The lowest BCUT2D eigenvalue weighted by atomic mass is 9.90. The summed E-state index contributed by atoms with van der Waals surface area (Å²) in [4.78, 5) is 12.8.